The summed E-state index contributed by atoms with van der Waals surface area (Å²) >= 11 is 10.2. The summed E-state index contributed by atoms with van der Waals surface area (Å²) in [5, 5.41) is -0.291. The Bertz CT molecular complexity index is 914. The molecule has 2 amide bonds. The van der Waals surface area contributed by atoms with Crippen LogP contribution in [0.5, 0.6) is 5.75 Å². The van der Waals surface area contributed by atoms with Gasteiger partial charge in [-0.1, -0.05) is 23.7 Å². The van der Waals surface area contributed by atoms with Gasteiger partial charge in [0.15, 0.2) is 0 Å². The largest absolute Gasteiger partial charge is 0.496 e. The lowest BCUT2D eigenvalue weighted by Crippen LogP contribution is -2.28. The predicted molar refractivity (Wildman–Crippen MR) is 104 cm³/mol. The molecule has 1 aliphatic rings. The van der Waals surface area contributed by atoms with Crippen LogP contribution >= 0.6 is 39.3 Å². The average molecular weight is 457 g/mol. The van der Waals surface area contributed by atoms with Crippen molar-refractivity contribution >= 4 is 56.5 Å². The quantitative estimate of drug-likeness (QED) is 0.571. The Morgan fingerprint density at radius 2 is 2.08 bits per heavy atom. The van der Waals surface area contributed by atoms with Crippen molar-refractivity contribution in [2.45, 2.75) is 6.54 Å². The first-order valence-electron chi connectivity index (χ1n) is 7.42. The molecular weight excluding hydrogens is 445 g/mol. The van der Waals surface area contributed by atoms with Crippen LogP contribution in [0.1, 0.15) is 11.1 Å². The third-order valence-corrected chi connectivity index (χ3v) is 5.61. The number of halogens is 3. The minimum absolute atomic E-state index is 0.116. The molecule has 8 heteroatoms. The number of methoxy groups -OCH3 is 1. The summed E-state index contributed by atoms with van der Waals surface area (Å²) in [4.78, 5) is 26.0. The van der Waals surface area contributed by atoms with Crippen LogP contribution in [0.15, 0.2) is 45.8 Å². The molecule has 26 heavy (non-hydrogen) atoms. The molecule has 0 atom stereocenters. The van der Waals surface area contributed by atoms with E-state index in [1.165, 1.54) is 18.2 Å². The second kappa shape index (κ2) is 7.82. The number of rotatable bonds is 4. The van der Waals surface area contributed by atoms with Crippen molar-refractivity contribution in [2.24, 2.45) is 0 Å². The molecular formula is C18H12BrClFNO3S. The number of ether oxygens (including phenoxy) is 1. The van der Waals surface area contributed by atoms with Gasteiger partial charge in [0, 0.05) is 10.6 Å². The number of thioether (sulfide) groups is 1. The van der Waals surface area contributed by atoms with Crippen molar-refractivity contribution in [1.29, 1.82) is 0 Å². The van der Waals surface area contributed by atoms with Crippen LogP contribution < -0.4 is 4.74 Å². The maximum absolute atomic E-state index is 13.9. The molecule has 0 aliphatic carbocycles. The van der Waals surface area contributed by atoms with E-state index in [2.05, 4.69) is 15.9 Å². The highest BCUT2D eigenvalue weighted by molar-refractivity contribution is 9.10. The van der Waals surface area contributed by atoms with Gasteiger partial charge in [-0.25, -0.2) is 4.39 Å². The SMILES string of the molecule is COc1ccc(/C=C2/SC(=O)N(Cc3c(F)cccc3Cl)C2=O)cc1Br. The van der Waals surface area contributed by atoms with Gasteiger partial charge >= 0.3 is 0 Å². The Labute approximate surface area is 167 Å². The van der Waals surface area contributed by atoms with Crippen LogP contribution in [0.25, 0.3) is 6.08 Å². The predicted octanol–water partition coefficient (Wildman–Crippen LogP) is 5.49. The first-order valence-corrected chi connectivity index (χ1v) is 9.41. The maximum atomic E-state index is 13.9. The molecule has 2 aromatic carbocycles. The standard InChI is InChI=1S/C18H12BrClFNO3S/c1-25-15-6-5-10(7-12(15)19)8-16-17(23)22(18(24)26-16)9-11-13(20)3-2-4-14(11)21/h2-8H,9H2,1H3/b16-8+. The van der Waals surface area contributed by atoms with Crippen molar-refractivity contribution in [1.82, 2.24) is 4.90 Å². The summed E-state index contributed by atoms with van der Waals surface area (Å²) < 4.78 is 19.8. The lowest BCUT2D eigenvalue weighted by Gasteiger charge is -2.14. The van der Waals surface area contributed by atoms with Crippen LogP contribution in [0.2, 0.25) is 5.02 Å². The Hall–Kier alpha value is -1.83. The van der Waals surface area contributed by atoms with Gasteiger partial charge in [0.2, 0.25) is 0 Å². The van der Waals surface area contributed by atoms with E-state index in [0.717, 1.165) is 26.7 Å². The van der Waals surface area contributed by atoms with Gasteiger partial charge in [0.05, 0.1) is 23.0 Å². The monoisotopic (exact) mass is 455 g/mol. The van der Waals surface area contributed by atoms with Gasteiger partial charge in [0.25, 0.3) is 11.1 Å². The zero-order valence-corrected chi connectivity index (χ0v) is 16.6. The van der Waals surface area contributed by atoms with Crippen LogP contribution in [0.4, 0.5) is 9.18 Å². The molecule has 4 nitrogen and oxygen atoms in total. The summed E-state index contributed by atoms with van der Waals surface area (Å²) in [7, 11) is 1.55. The molecule has 1 saturated heterocycles. The number of benzene rings is 2. The fourth-order valence-corrected chi connectivity index (χ4v) is 4.02. The molecule has 2 aromatic rings. The Morgan fingerprint density at radius 1 is 1.31 bits per heavy atom. The molecule has 0 unspecified atom stereocenters. The van der Waals surface area contributed by atoms with Crippen LogP contribution in [-0.2, 0) is 11.3 Å². The highest BCUT2D eigenvalue weighted by atomic mass is 79.9. The Kier molecular flexibility index (Phi) is 5.70. The normalized spacial score (nSPS) is 15.8. The third-order valence-electron chi connectivity index (χ3n) is 3.73. The summed E-state index contributed by atoms with van der Waals surface area (Å²) in [6.07, 6.45) is 1.61. The molecule has 0 N–H and O–H groups in total. The lowest BCUT2D eigenvalue weighted by atomic mass is 10.2. The molecule has 1 fully saturated rings. The first kappa shape index (κ1) is 18.9. The van der Waals surface area contributed by atoms with Crippen molar-refractivity contribution in [3.63, 3.8) is 0 Å². The Balaban J connectivity index is 1.86. The van der Waals surface area contributed by atoms with Gasteiger partial charge in [-0.05, 0) is 63.6 Å². The van der Waals surface area contributed by atoms with Crippen LogP contribution in [0, 0.1) is 5.82 Å². The first-order chi connectivity index (χ1) is 12.4. The van der Waals surface area contributed by atoms with E-state index in [-0.39, 0.29) is 22.0 Å². The number of imide groups is 1. The van der Waals surface area contributed by atoms with Gasteiger partial charge in [-0.2, -0.15) is 0 Å². The van der Waals surface area contributed by atoms with Gasteiger partial charge < -0.3 is 4.74 Å². The smallest absolute Gasteiger partial charge is 0.293 e. The highest BCUT2D eigenvalue weighted by Gasteiger charge is 2.35. The zero-order chi connectivity index (χ0) is 18.8. The molecule has 0 saturated carbocycles. The molecule has 1 aliphatic heterocycles. The highest BCUT2D eigenvalue weighted by Crippen LogP contribution is 2.35. The number of nitrogens with zero attached hydrogens (tertiary/aromatic N) is 1. The van der Waals surface area contributed by atoms with Crippen LogP contribution in [-0.4, -0.2) is 23.2 Å². The van der Waals surface area contributed by atoms with Gasteiger partial charge in [0.1, 0.15) is 11.6 Å². The second-order valence-electron chi connectivity index (χ2n) is 5.36. The summed E-state index contributed by atoms with van der Waals surface area (Å²) in [5.41, 5.74) is 0.844. The second-order valence-corrected chi connectivity index (χ2v) is 7.62. The molecule has 1 heterocycles. The summed E-state index contributed by atoms with van der Waals surface area (Å²) in [6.45, 7) is -0.209. The number of carbonyl (C=O) groups is 2. The minimum Gasteiger partial charge on any atom is -0.496 e. The van der Waals surface area contributed by atoms with E-state index in [1.54, 1.807) is 31.4 Å². The maximum Gasteiger partial charge on any atom is 0.293 e. The number of amides is 2. The van der Waals surface area contributed by atoms with E-state index in [1.807, 2.05) is 0 Å². The lowest BCUT2D eigenvalue weighted by molar-refractivity contribution is -0.123. The fourth-order valence-electron chi connectivity index (χ4n) is 2.40. The topological polar surface area (TPSA) is 46.6 Å². The average Bonchev–Trinajstić information content (AvgIpc) is 2.85. The fraction of sp³-hybridized carbons (Fsp3) is 0.111. The minimum atomic E-state index is -0.556. The van der Waals surface area contributed by atoms with Crippen LogP contribution in [0.3, 0.4) is 0 Å². The van der Waals surface area contributed by atoms with Gasteiger partial charge in [-0.3, -0.25) is 14.5 Å². The molecule has 0 radical (unpaired) electrons. The van der Waals surface area contributed by atoms with Crippen molar-refractivity contribution in [3.05, 3.63) is 67.7 Å². The number of carbonyl (C=O) groups excluding carboxylic acids is 2. The van der Waals surface area contributed by atoms with Crippen molar-refractivity contribution < 1.29 is 18.7 Å². The summed E-state index contributed by atoms with van der Waals surface area (Å²) in [6, 6.07) is 9.52. The molecule has 134 valence electrons. The number of hydrogen-bond acceptors (Lipinski definition) is 4. The van der Waals surface area contributed by atoms with Crippen molar-refractivity contribution in [2.75, 3.05) is 7.11 Å². The zero-order valence-electron chi connectivity index (χ0n) is 13.5. The van der Waals surface area contributed by atoms with Gasteiger partial charge in [-0.15, -0.1) is 0 Å². The van der Waals surface area contributed by atoms with E-state index >= 15 is 0 Å². The number of hydrogen-bond donors (Lipinski definition) is 0. The Morgan fingerprint density at radius 3 is 2.73 bits per heavy atom. The molecule has 0 bridgehead atoms. The van der Waals surface area contributed by atoms with E-state index in [0.29, 0.717) is 5.75 Å². The molecule has 0 spiro atoms. The molecule has 3 rings (SSSR count). The van der Waals surface area contributed by atoms with E-state index in [4.69, 9.17) is 16.3 Å². The van der Waals surface area contributed by atoms with E-state index in [9.17, 15) is 14.0 Å². The van der Waals surface area contributed by atoms with E-state index < -0.39 is 17.0 Å². The molecule has 0 aromatic heterocycles. The third kappa shape index (κ3) is 3.79. The summed E-state index contributed by atoms with van der Waals surface area (Å²) in [5.74, 6) is -0.379. The van der Waals surface area contributed by atoms with Crippen molar-refractivity contribution in [3.8, 4) is 5.75 Å².